The van der Waals surface area contributed by atoms with Crippen LogP contribution in [0.25, 0.3) is 0 Å². The van der Waals surface area contributed by atoms with E-state index in [9.17, 15) is 0 Å². The largest absolute Gasteiger partial charge is 0.448 e. The summed E-state index contributed by atoms with van der Waals surface area (Å²) in [5.74, 6) is 1.69. The Labute approximate surface area is 58.7 Å². The van der Waals surface area contributed by atoms with E-state index in [0.29, 0.717) is 0 Å². The van der Waals surface area contributed by atoms with Gasteiger partial charge in [-0.15, -0.1) is 0 Å². The summed E-state index contributed by atoms with van der Waals surface area (Å²) in [6.45, 7) is 1.92. The van der Waals surface area contributed by atoms with E-state index in [0.717, 1.165) is 17.3 Å². The van der Waals surface area contributed by atoms with Crippen LogP contribution in [0, 0.1) is 6.92 Å². The summed E-state index contributed by atoms with van der Waals surface area (Å²) in [5.41, 5.74) is 0.957. The van der Waals surface area contributed by atoms with Gasteiger partial charge in [0.15, 0.2) is 0 Å². The first kappa shape index (κ1) is 6.68. The number of hydrogen-bond donors (Lipinski definition) is 0. The highest BCUT2D eigenvalue weighted by atomic mass is 32.2. The van der Waals surface area contributed by atoms with Gasteiger partial charge in [0.05, 0.1) is 11.4 Å². The molecule has 0 saturated heterocycles. The molecule has 0 spiro atoms. The van der Waals surface area contributed by atoms with E-state index in [4.69, 9.17) is 4.42 Å². The van der Waals surface area contributed by atoms with Crippen molar-refractivity contribution in [2.75, 3.05) is 6.26 Å². The molecule has 0 aliphatic rings. The van der Waals surface area contributed by atoms with Crippen molar-refractivity contribution in [2.24, 2.45) is 0 Å². The lowest BCUT2D eigenvalue weighted by Gasteiger charge is -1.84. The third-order valence-electron chi connectivity index (χ3n) is 0.934. The van der Waals surface area contributed by atoms with Gasteiger partial charge in [0.1, 0.15) is 6.26 Å². The Kier molecular flexibility index (Phi) is 2.16. The lowest BCUT2D eigenvalue weighted by atomic mass is 10.6. The maximum atomic E-state index is 5.07. The molecule has 0 aromatic carbocycles. The van der Waals surface area contributed by atoms with Crippen LogP contribution in [0.4, 0.5) is 0 Å². The quantitative estimate of drug-likeness (QED) is 0.632. The third kappa shape index (κ3) is 1.75. The van der Waals surface area contributed by atoms with Gasteiger partial charge in [-0.2, -0.15) is 11.8 Å². The van der Waals surface area contributed by atoms with Crippen LogP contribution in [-0.4, -0.2) is 11.2 Å². The molecule has 3 heteroatoms. The normalized spacial score (nSPS) is 10.0. The van der Waals surface area contributed by atoms with Crippen molar-refractivity contribution in [3.8, 4) is 0 Å². The van der Waals surface area contributed by atoms with Gasteiger partial charge in [-0.25, -0.2) is 4.98 Å². The molecule has 2 nitrogen and oxygen atoms in total. The summed E-state index contributed by atoms with van der Waals surface area (Å²) < 4.78 is 5.07. The number of nitrogens with zero attached hydrogens (tertiary/aromatic N) is 1. The molecule has 9 heavy (non-hydrogen) atoms. The van der Waals surface area contributed by atoms with Crippen molar-refractivity contribution in [2.45, 2.75) is 12.7 Å². The summed E-state index contributed by atoms with van der Waals surface area (Å²) in [4.78, 5) is 4.11. The maximum absolute atomic E-state index is 5.07. The second kappa shape index (κ2) is 2.92. The van der Waals surface area contributed by atoms with Crippen LogP contribution in [0.2, 0.25) is 0 Å². The summed E-state index contributed by atoms with van der Waals surface area (Å²) in [5, 5.41) is 0. The van der Waals surface area contributed by atoms with Gasteiger partial charge in [0, 0.05) is 0 Å². The molecule has 0 atom stereocenters. The average Bonchev–Trinajstić information content (AvgIpc) is 2.17. The van der Waals surface area contributed by atoms with E-state index in [1.165, 1.54) is 0 Å². The van der Waals surface area contributed by atoms with Gasteiger partial charge in [-0.1, -0.05) is 0 Å². The molecule has 50 valence electrons. The molecule has 1 heterocycles. The predicted octanol–water partition coefficient (Wildman–Crippen LogP) is 1.85. The molecule has 0 aliphatic heterocycles. The van der Waals surface area contributed by atoms with E-state index >= 15 is 0 Å². The lowest BCUT2D eigenvalue weighted by molar-refractivity contribution is 0.517. The van der Waals surface area contributed by atoms with Crippen LogP contribution in [-0.2, 0) is 5.75 Å². The molecular weight excluding hydrogens is 134 g/mol. The minimum absolute atomic E-state index is 0.819. The molecule has 1 aromatic rings. The van der Waals surface area contributed by atoms with Crippen molar-refractivity contribution in [1.29, 1.82) is 0 Å². The molecule has 0 N–H and O–H groups in total. The maximum Gasteiger partial charge on any atom is 0.204 e. The second-order valence-electron chi connectivity index (χ2n) is 1.82. The van der Waals surface area contributed by atoms with Crippen LogP contribution in [0.1, 0.15) is 11.6 Å². The van der Waals surface area contributed by atoms with Gasteiger partial charge < -0.3 is 4.42 Å². The Morgan fingerprint density at radius 2 is 2.56 bits per heavy atom. The monoisotopic (exact) mass is 143 g/mol. The number of oxazole rings is 1. The first-order chi connectivity index (χ1) is 4.33. The zero-order valence-corrected chi connectivity index (χ0v) is 6.36. The minimum Gasteiger partial charge on any atom is -0.448 e. The van der Waals surface area contributed by atoms with Crippen LogP contribution < -0.4 is 0 Å². The molecule has 1 rings (SSSR count). The first-order valence-corrected chi connectivity index (χ1v) is 4.12. The van der Waals surface area contributed by atoms with Gasteiger partial charge in [0.25, 0.3) is 0 Å². The number of aromatic nitrogens is 1. The summed E-state index contributed by atoms with van der Waals surface area (Å²) in [6, 6.07) is 0. The number of aryl methyl sites for hydroxylation is 1. The summed E-state index contributed by atoms with van der Waals surface area (Å²) in [7, 11) is 0. The van der Waals surface area contributed by atoms with Gasteiger partial charge in [-0.3, -0.25) is 0 Å². The van der Waals surface area contributed by atoms with Crippen LogP contribution in [0.3, 0.4) is 0 Å². The van der Waals surface area contributed by atoms with Crippen molar-refractivity contribution in [1.82, 2.24) is 4.98 Å². The van der Waals surface area contributed by atoms with Gasteiger partial charge in [0.2, 0.25) is 5.89 Å². The van der Waals surface area contributed by atoms with E-state index < -0.39 is 0 Å². The van der Waals surface area contributed by atoms with E-state index in [2.05, 4.69) is 4.98 Å². The SMILES string of the molecule is CSCc1nc(C)co1. The molecule has 0 amide bonds. The van der Waals surface area contributed by atoms with Crippen LogP contribution in [0.15, 0.2) is 10.7 Å². The Hall–Kier alpha value is -0.440. The summed E-state index contributed by atoms with van der Waals surface area (Å²) in [6.07, 6.45) is 3.70. The van der Waals surface area contributed by atoms with Crippen molar-refractivity contribution >= 4 is 11.8 Å². The molecule has 0 fully saturated rings. The summed E-state index contributed by atoms with van der Waals surface area (Å²) >= 11 is 1.71. The second-order valence-corrected chi connectivity index (χ2v) is 2.68. The van der Waals surface area contributed by atoms with Gasteiger partial charge in [-0.05, 0) is 13.2 Å². The molecule has 0 radical (unpaired) electrons. The third-order valence-corrected chi connectivity index (χ3v) is 1.47. The first-order valence-electron chi connectivity index (χ1n) is 2.73. The highest BCUT2D eigenvalue weighted by molar-refractivity contribution is 7.97. The van der Waals surface area contributed by atoms with E-state index in [1.807, 2.05) is 13.2 Å². The highest BCUT2D eigenvalue weighted by Gasteiger charge is 1.96. The topological polar surface area (TPSA) is 26.0 Å². The van der Waals surface area contributed by atoms with Crippen molar-refractivity contribution < 1.29 is 4.42 Å². The molecule has 0 unspecified atom stereocenters. The molecule has 0 saturated carbocycles. The van der Waals surface area contributed by atoms with Crippen molar-refractivity contribution in [3.63, 3.8) is 0 Å². The lowest BCUT2D eigenvalue weighted by Crippen LogP contribution is -1.77. The van der Waals surface area contributed by atoms with Crippen LogP contribution >= 0.6 is 11.8 Å². The zero-order valence-electron chi connectivity index (χ0n) is 5.55. The fourth-order valence-electron chi connectivity index (χ4n) is 0.592. The van der Waals surface area contributed by atoms with E-state index in [-0.39, 0.29) is 0 Å². The molecule has 0 aliphatic carbocycles. The van der Waals surface area contributed by atoms with Crippen LogP contribution in [0.5, 0.6) is 0 Å². The fraction of sp³-hybridized carbons (Fsp3) is 0.500. The van der Waals surface area contributed by atoms with Crippen molar-refractivity contribution in [3.05, 3.63) is 17.8 Å². The molecule has 0 bridgehead atoms. The number of hydrogen-bond acceptors (Lipinski definition) is 3. The Morgan fingerprint density at radius 3 is 3.00 bits per heavy atom. The Bertz CT molecular complexity index is 185. The number of rotatable bonds is 2. The Balaban J connectivity index is 2.61. The molecule has 1 aromatic heterocycles. The van der Waals surface area contributed by atoms with Gasteiger partial charge >= 0.3 is 0 Å². The minimum atomic E-state index is 0.819. The number of thioether (sulfide) groups is 1. The smallest absolute Gasteiger partial charge is 0.204 e. The standard InChI is InChI=1S/C6H9NOS/c1-5-3-8-6(7-5)4-9-2/h3H,4H2,1-2H3. The molecular formula is C6H9NOS. The highest BCUT2D eigenvalue weighted by Crippen LogP contribution is 2.07. The Morgan fingerprint density at radius 1 is 1.78 bits per heavy atom. The predicted molar refractivity (Wildman–Crippen MR) is 38.5 cm³/mol. The average molecular weight is 143 g/mol. The fourth-order valence-corrected chi connectivity index (χ4v) is 0.972. The zero-order chi connectivity index (χ0) is 6.69. The van der Waals surface area contributed by atoms with E-state index in [1.54, 1.807) is 18.0 Å².